The van der Waals surface area contributed by atoms with Crippen LogP contribution in [-0.2, 0) is 0 Å². The predicted octanol–water partition coefficient (Wildman–Crippen LogP) is 0.521. The first-order valence-corrected chi connectivity index (χ1v) is 3.15. The molecule has 0 aliphatic carbocycles. The van der Waals surface area contributed by atoms with Crippen molar-refractivity contribution in [2.24, 2.45) is 0 Å². The number of aromatic nitrogens is 2. The summed E-state index contributed by atoms with van der Waals surface area (Å²) in [6.45, 7) is 2.06. The van der Waals surface area contributed by atoms with Gasteiger partial charge in [0, 0.05) is 5.69 Å². The van der Waals surface area contributed by atoms with Gasteiger partial charge in [-0.2, -0.15) is 5.26 Å². The van der Waals surface area contributed by atoms with E-state index in [0.29, 0.717) is 5.95 Å². The summed E-state index contributed by atoms with van der Waals surface area (Å²) >= 11 is 0. The smallest absolute Gasteiger partial charge is 0.224 e. The Morgan fingerprint density at radius 1 is 1.82 bits per heavy atom. The number of anilines is 1. The van der Waals surface area contributed by atoms with Crippen LogP contribution < -0.4 is 5.32 Å². The fraction of sp³-hybridized carbons (Fsp3) is 0.286. The maximum absolute atomic E-state index is 8.22. The van der Waals surface area contributed by atoms with E-state index >= 15 is 0 Å². The van der Waals surface area contributed by atoms with Crippen LogP contribution in [0.4, 0.5) is 5.95 Å². The first-order valence-electron chi connectivity index (χ1n) is 3.15. The van der Waals surface area contributed by atoms with E-state index in [2.05, 4.69) is 21.5 Å². The van der Waals surface area contributed by atoms with Crippen molar-refractivity contribution in [2.75, 3.05) is 11.9 Å². The Morgan fingerprint density at radius 3 is 3.27 bits per heavy atom. The summed E-state index contributed by atoms with van der Waals surface area (Å²) in [7, 11) is 0. The SMILES string of the molecule is Cc1c[c]nc(NCC#N)n1. The second-order valence-corrected chi connectivity index (χ2v) is 1.97. The third-order valence-corrected chi connectivity index (χ3v) is 1.05. The molecule has 1 N–H and O–H groups in total. The van der Waals surface area contributed by atoms with Crippen LogP contribution in [0.15, 0.2) is 6.07 Å². The standard InChI is InChI=1S/C7H7N4/c1-6-2-4-9-7(11-6)10-5-3-8/h2H,5H2,1H3,(H,9,10,11). The zero-order valence-corrected chi connectivity index (χ0v) is 6.13. The molecule has 1 aromatic rings. The van der Waals surface area contributed by atoms with Crippen LogP contribution in [0.1, 0.15) is 5.69 Å². The van der Waals surface area contributed by atoms with Gasteiger partial charge in [-0.15, -0.1) is 0 Å². The minimum absolute atomic E-state index is 0.220. The summed E-state index contributed by atoms with van der Waals surface area (Å²) in [5, 5.41) is 10.9. The summed E-state index contributed by atoms with van der Waals surface area (Å²) in [5.41, 5.74) is 0.834. The Kier molecular flexibility index (Phi) is 2.39. The number of hydrogen-bond acceptors (Lipinski definition) is 4. The molecular weight excluding hydrogens is 140 g/mol. The molecule has 1 radical (unpaired) electrons. The molecule has 0 aromatic carbocycles. The molecule has 1 heterocycles. The fourth-order valence-corrected chi connectivity index (χ4v) is 0.609. The highest BCUT2D eigenvalue weighted by Gasteiger charge is 1.92. The lowest BCUT2D eigenvalue weighted by Gasteiger charge is -1.97. The highest BCUT2D eigenvalue weighted by atomic mass is 15.1. The molecule has 0 aliphatic rings. The van der Waals surface area contributed by atoms with Gasteiger partial charge in [0.1, 0.15) is 6.54 Å². The van der Waals surface area contributed by atoms with Crippen LogP contribution >= 0.6 is 0 Å². The van der Waals surface area contributed by atoms with E-state index in [1.807, 2.05) is 13.0 Å². The van der Waals surface area contributed by atoms with Gasteiger partial charge in [0.25, 0.3) is 0 Å². The zero-order valence-electron chi connectivity index (χ0n) is 6.13. The van der Waals surface area contributed by atoms with Crippen molar-refractivity contribution in [2.45, 2.75) is 6.92 Å². The van der Waals surface area contributed by atoms with Crippen LogP contribution in [0.5, 0.6) is 0 Å². The van der Waals surface area contributed by atoms with Gasteiger partial charge in [0.2, 0.25) is 5.95 Å². The number of hydrogen-bond donors (Lipinski definition) is 1. The van der Waals surface area contributed by atoms with E-state index in [1.165, 1.54) is 0 Å². The summed E-state index contributed by atoms with van der Waals surface area (Å²) in [6, 6.07) is 3.61. The molecule has 4 nitrogen and oxygen atoms in total. The van der Waals surface area contributed by atoms with Crippen LogP contribution in [0.25, 0.3) is 0 Å². The Morgan fingerprint density at radius 2 is 2.64 bits per heavy atom. The molecule has 4 heteroatoms. The van der Waals surface area contributed by atoms with Crippen molar-refractivity contribution < 1.29 is 0 Å². The van der Waals surface area contributed by atoms with Crippen molar-refractivity contribution >= 4 is 5.95 Å². The van der Waals surface area contributed by atoms with E-state index in [0.717, 1.165) is 5.69 Å². The Hall–Kier alpha value is -1.63. The normalized spacial score (nSPS) is 8.73. The van der Waals surface area contributed by atoms with Gasteiger partial charge in [0.15, 0.2) is 0 Å². The molecule has 0 fully saturated rings. The third-order valence-electron chi connectivity index (χ3n) is 1.05. The molecule has 0 bridgehead atoms. The number of nitrogens with one attached hydrogen (secondary N) is 1. The Labute approximate surface area is 64.9 Å². The van der Waals surface area contributed by atoms with Crippen molar-refractivity contribution in [1.29, 1.82) is 5.26 Å². The molecule has 1 rings (SSSR count). The van der Waals surface area contributed by atoms with Gasteiger partial charge in [0.05, 0.1) is 12.3 Å². The van der Waals surface area contributed by atoms with Crippen LogP contribution in [0, 0.1) is 24.5 Å². The molecule has 1 aromatic heterocycles. The Bertz CT molecular complexity index is 276. The molecule has 0 amide bonds. The minimum Gasteiger partial charge on any atom is -0.341 e. The first-order chi connectivity index (χ1) is 5.33. The summed E-state index contributed by atoms with van der Waals surface area (Å²) in [4.78, 5) is 7.78. The summed E-state index contributed by atoms with van der Waals surface area (Å²) in [5.74, 6) is 0.451. The monoisotopic (exact) mass is 147 g/mol. The summed E-state index contributed by atoms with van der Waals surface area (Å²) < 4.78 is 0. The quantitative estimate of drug-likeness (QED) is 0.619. The highest BCUT2D eigenvalue weighted by molar-refractivity contribution is 5.25. The number of nitriles is 1. The van der Waals surface area contributed by atoms with Gasteiger partial charge in [-0.25, -0.2) is 9.97 Å². The molecule has 55 valence electrons. The van der Waals surface area contributed by atoms with Gasteiger partial charge in [-0.05, 0) is 13.0 Å². The molecule has 0 saturated carbocycles. The molecule has 0 aliphatic heterocycles. The summed E-state index contributed by atoms with van der Waals surface area (Å²) in [6.07, 6.45) is 2.65. The lowest BCUT2D eigenvalue weighted by Crippen LogP contribution is -2.03. The van der Waals surface area contributed by atoms with Crippen LogP contribution in [-0.4, -0.2) is 16.5 Å². The second kappa shape index (κ2) is 3.52. The molecule has 11 heavy (non-hydrogen) atoms. The third kappa shape index (κ3) is 2.22. The van der Waals surface area contributed by atoms with Crippen molar-refractivity contribution in [3.63, 3.8) is 0 Å². The van der Waals surface area contributed by atoms with Crippen molar-refractivity contribution in [3.05, 3.63) is 18.0 Å². The van der Waals surface area contributed by atoms with Gasteiger partial charge < -0.3 is 5.32 Å². The van der Waals surface area contributed by atoms with E-state index in [9.17, 15) is 0 Å². The maximum atomic E-state index is 8.22. The van der Waals surface area contributed by atoms with Crippen LogP contribution in [0.3, 0.4) is 0 Å². The van der Waals surface area contributed by atoms with Crippen molar-refractivity contribution in [1.82, 2.24) is 9.97 Å². The van der Waals surface area contributed by atoms with Gasteiger partial charge >= 0.3 is 0 Å². The van der Waals surface area contributed by atoms with E-state index in [-0.39, 0.29) is 6.54 Å². The second-order valence-electron chi connectivity index (χ2n) is 1.97. The van der Waals surface area contributed by atoms with E-state index in [1.54, 1.807) is 6.07 Å². The molecule has 0 unspecified atom stereocenters. The highest BCUT2D eigenvalue weighted by Crippen LogP contribution is 1.96. The molecule has 0 spiro atoms. The maximum Gasteiger partial charge on any atom is 0.224 e. The van der Waals surface area contributed by atoms with Crippen molar-refractivity contribution in [3.8, 4) is 6.07 Å². The first kappa shape index (κ1) is 7.48. The lowest BCUT2D eigenvalue weighted by molar-refractivity contribution is 1.07. The molecular formula is C7H7N4. The van der Waals surface area contributed by atoms with E-state index in [4.69, 9.17) is 5.26 Å². The average Bonchev–Trinajstić information content (AvgIpc) is 2.01. The number of nitrogens with zero attached hydrogens (tertiary/aromatic N) is 3. The van der Waals surface area contributed by atoms with E-state index < -0.39 is 0 Å². The molecule has 0 atom stereocenters. The topological polar surface area (TPSA) is 61.6 Å². The average molecular weight is 147 g/mol. The van der Waals surface area contributed by atoms with Gasteiger partial charge in [-0.3, -0.25) is 0 Å². The number of rotatable bonds is 2. The molecule has 0 saturated heterocycles. The minimum atomic E-state index is 0.220. The predicted molar refractivity (Wildman–Crippen MR) is 39.7 cm³/mol. The lowest BCUT2D eigenvalue weighted by atomic mass is 10.5. The fourth-order valence-electron chi connectivity index (χ4n) is 0.609. The largest absolute Gasteiger partial charge is 0.341 e. The van der Waals surface area contributed by atoms with Crippen LogP contribution in [0.2, 0.25) is 0 Å². The van der Waals surface area contributed by atoms with Gasteiger partial charge in [-0.1, -0.05) is 0 Å². The Balaban J connectivity index is 2.65. The zero-order chi connectivity index (χ0) is 8.10. The number of aryl methyl sites for hydroxylation is 1.